The van der Waals surface area contributed by atoms with Crippen LogP contribution in [0.1, 0.15) is 37.7 Å². The molecule has 5 heteroatoms. The highest BCUT2D eigenvalue weighted by atomic mass is 16.1. The molecule has 0 saturated heterocycles. The van der Waals surface area contributed by atoms with Crippen molar-refractivity contribution in [3.8, 4) is 0 Å². The van der Waals surface area contributed by atoms with E-state index >= 15 is 0 Å². The molecule has 2 rings (SSSR count). The monoisotopic (exact) mass is 356 g/mol. The minimum Gasteiger partial charge on any atom is -0.370 e. The Morgan fingerprint density at radius 2 is 1.85 bits per heavy atom. The number of carbonyl (C=O) groups is 1. The number of nitrogens with one attached hydrogen (secondary N) is 1. The molecule has 0 radical (unpaired) electrons. The summed E-state index contributed by atoms with van der Waals surface area (Å²) in [6, 6.07) is 10.4. The number of amides is 1. The molecule has 1 aromatic heterocycles. The van der Waals surface area contributed by atoms with Gasteiger partial charge in [-0.1, -0.05) is 32.0 Å². The molecule has 142 valence electrons. The predicted octanol–water partition coefficient (Wildman–Crippen LogP) is 3.34. The molecule has 0 saturated carbocycles. The summed E-state index contributed by atoms with van der Waals surface area (Å²) in [4.78, 5) is 14.6. The quantitative estimate of drug-likeness (QED) is 0.789. The van der Waals surface area contributed by atoms with E-state index in [1.165, 1.54) is 0 Å². The average molecular weight is 357 g/mol. The molecule has 1 aromatic carbocycles. The smallest absolute Gasteiger partial charge is 0.224 e. The number of anilines is 1. The van der Waals surface area contributed by atoms with Crippen LogP contribution >= 0.6 is 0 Å². The predicted molar refractivity (Wildman–Crippen MR) is 108 cm³/mol. The number of benzene rings is 1. The van der Waals surface area contributed by atoms with Crippen LogP contribution in [0, 0.1) is 19.8 Å². The Morgan fingerprint density at radius 3 is 2.46 bits per heavy atom. The van der Waals surface area contributed by atoms with Crippen LogP contribution in [0.5, 0.6) is 0 Å². The molecule has 0 spiro atoms. The van der Waals surface area contributed by atoms with Crippen molar-refractivity contribution < 1.29 is 4.79 Å². The van der Waals surface area contributed by atoms with Crippen LogP contribution in [0.3, 0.4) is 0 Å². The molecule has 0 aliphatic carbocycles. The molecule has 1 atom stereocenters. The van der Waals surface area contributed by atoms with Gasteiger partial charge in [0.05, 0.1) is 12.1 Å². The normalized spacial score (nSPS) is 12.3. The second-order valence-electron chi connectivity index (χ2n) is 7.50. The number of aromatic nitrogens is 2. The first-order valence-electron chi connectivity index (χ1n) is 9.37. The number of likely N-dealkylation sites (N-methyl/N-ethyl adjacent to an activating group) is 1. The summed E-state index contributed by atoms with van der Waals surface area (Å²) in [5.41, 5.74) is 4.25. The molecule has 1 N–H and O–H groups in total. The first-order chi connectivity index (χ1) is 12.3. The van der Waals surface area contributed by atoms with Crippen molar-refractivity contribution in [1.29, 1.82) is 0 Å². The van der Waals surface area contributed by atoms with Gasteiger partial charge in [0.2, 0.25) is 5.91 Å². The molecular weight excluding hydrogens is 324 g/mol. The van der Waals surface area contributed by atoms with E-state index in [0.29, 0.717) is 18.9 Å². The van der Waals surface area contributed by atoms with Crippen LogP contribution in [-0.4, -0.2) is 35.3 Å². The zero-order valence-corrected chi connectivity index (χ0v) is 16.9. The van der Waals surface area contributed by atoms with Gasteiger partial charge in [-0.25, -0.2) is 0 Å². The van der Waals surface area contributed by atoms with Crippen LogP contribution in [0.25, 0.3) is 0 Å². The van der Waals surface area contributed by atoms with Gasteiger partial charge in [-0.05, 0) is 38.8 Å². The third-order valence-corrected chi connectivity index (χ3v) is 4.83. The molecule has 0 fully saturated rings. The summed E-state index contributed by atoms with van der Waals surface area (Å²) in [6.45, 7) is 12.0. The lowest BCUT2D eigenvalue weighted by Gasteiger charge is -2.27. The van der Waals surface area contributed by atoms with Crippen LogP contribution in [0.2, 0.25) is 0 Å². The Morgan fingerprint density at radius 1 is 1.19 bits per heavy atom. The Balaban J connectivity index is 1.92. The summed E-state index contributed by atoms with van der Waals surface area (Å²) in [5.74, 6) is 0.581. The molecule has 1 heterocycles. The van der Waals surface area contributed by atoms with Crippen molar-refractivity contribution >= 4 is 11.6 Å². The highest BCUT2D eigenvalue weighted by Crippen LogP contribution is 2.16. The zero-order chi connectivity index (χ0) is 19.3. The standard InChI is InChI=1S/C21H32N4O/c1-15(2)14-25-18(5)20(17(4)23-25)12-21(26)22-13-16(3)24(6)19-10-8-7-9-11-19/h7-11,15-16H,12-14H2,1-6H3,(H,22,26)/t16-/m0/s1. The van der Waals surface area contributed by atoms with Crippen molar-refractivity contribution in [2.24, 2.45) is 5.92 Å². The number of hydrogen-bond acceptors (Lipinski definition) is 3. The number of aryl methyl sites for hydroxylation is 1. The van der Waals surface area contributed by atoms with Gasteiger partial charge in [0.1, 0.15) is 0 Å². The topological polar surface area (TPSA) is 50.2 Å². The van der Waals surface area contributed by atoms with Crippen molar-refractivity contribution in [2.75, 3.05) is 18.5 Å². The molecule has 0 unspecified atom stereocenters. The van der Waals surface area contributed by atoms with E-state index in [-0.39, 0.29) is 11.9 Å². The largest absolute Gasteiger partial charge is 0.370 e. The number of carbonyl (C=O) groups excluding carboxylic acids is 1. The minimum atomic E-state index is 0.0496. The molecule has 0 bridgehead atoms. The molecule has 2 aromatic rings. The molecule has 5 nitrogen and oxygen atoms in total. The van der Waals surface area contributed by atoms with Crippen LogP contribution in [0.4, 0.5) is 5.69 Å². The van der Waals surface area contributed by atoms with Crippen LogP contribution < -0.4 is 10.2 Å². The van der Waals surface area contributed by atoms with E-state index in [1.807, 2.05) is 29.8 Å². The highest BCUT2D eigenvalue weighted by molar-refractivity contribution is 5.79. The fourth-order valence-corrected chi connectivity index (χ4v) is 3.05. The van der Waals surface area contributed by atoms with Gasteiger partial charge in [-0.15, -0.1) is 0 Å². The molecule has 0 aliphatic heterocycles. The Bertz CT molecular complexity index is 721. The van der Waals surface area contributed by atoms with E-state index < -0.39 is 0 Å². The summed E-state index contributed by atoms with van der Waals surface area (Å²) < 4.78 is 2.02. The maximum absolute atomic E-state index is 12.4. The number of rotatable bonds is 8. The van der Waals surface area contributed by atoms with Crippen molar-refractivity contribution in [2.45, 2.75) is 53.6 Å². The molecular formula is C21H32N4O. The van der Waals surface area contributed by atoms with E-state index in [4.69, 9.17) is 0 Å². The second-order valence-corrected chi connectivity index (χ2v) is 7.50. The minimum absolute atomic E-state index is 0.0496. The molecule has 26 heavy (non-hydrogen) atoms. The number of para-hydroxylation sites is 1. The van der Waals surface area contributed by atoms with Crippen molar-refractivity contribution in [3.63, 3.8) is 0 Å². The Hall–Kier alpha value is -2.30. The SMILES string of the molecule is Cc1nn(CC(C)C)c(C)c1CC(=O)NC[C@H](C)N(C)c1ccccc1. The summed E-state index contributed by atoms with van der Waals surface area (Å²) in [7, 11) is 2.05. The first kappa shape index (κ1) is 20.0. The third kappa shape index (κ3) is 5.10. The van der Waals surface area contributed by atoms with Crippen LogP contribution in [-0.2, 0) is 17.8 Å². The second kappa shape index (κ2) is 8.88. The molecule has 1 amide bonds. The van der Waals surface area contributed by atoms with Gasteiger partial charge in [0.15, 0.2) is 0 Å². The Labute approximate surface area is 157 Å². The van der Waals surface area contributed by atoms with E-state index in [9.17, 15) is 4.79 Å². The zero-order valence-electron chi connectivity index (χ0n) is 16.9. The number of hydrogen-bond donors (Lipinski definition) is 1. The summed E-state index contributed by atoms with van der Waals surface area (Å²) >= 11 is 0. The van der Waals surface area contributed by atoms with Gasteiger partial charge in [-0.2, -0.15) is 5.10 Å². The lowest BCUT2D eigenvalue weighted by atomic mass is 10.1. The van der Waals surface area contributed by atoms with Crippen LogP contribution in [0.15, 0.2) is 30.3 Å². The van der Waals surface area contributed by atoms with Gasteiger partial charge in [0, 0.05) is 43.1 Å². The van der Waals surface area contributed by atoms with E-state index in [1.54, 1.807) is 0 Å². The first-order valence-corrected chi connectivity index (χ1v) is 9.37. The van der Waals surface area contributed by atoms with Crippen molar-refractivity contribution in [1.82, 2.24) is 15.1 Å². The average Bonchev–Trinajstić information content (AvgIpc) is 2.86. The van der Waals surface area contributed by atoms with Crippen molar-refractivity contribution in [3.05, 3.63) is 47.3 Å². The lowest BCUT2D eigenvalue weighted by molar-refractivity contribution is -0.120. The van der Waals surface area contributed by atoms with Gasteiger partial charge in [-0.3, -0.25) is 9.48 Å². The summed E-state index contributed by atoms with van der Waals surface area (Å²) in [5, 5.41) is 7.66. The van der Waals surface area contributed by atoms with Gasteiger partial charge in [0.25, 0.3) is 0 Å². The highest BCUT2D eigenvalue weighted by Gasteiger charge is 2.17. The van der Waals surface area contributed by atoms with E-state index in [2.05, 4.69) is 62.2 Å². The third-order valence-electron chi connectivity index (χ3n) is 4.83. The van der Waals surface area contributed by atoms with Gasteiger partial charge >= 0.3 is 0 Å². The lowest BCUT2D eigenvalue weighted by Crippen LogP contribution is -2.40. The fourth-order valence-electron chi connectivity index (χ4n) is 3.05. The fraction of sp³-hybridized carbons (Fsp3) is 0.524. The summed E-state index contributed by atoms with van der Waals surface area (Å²) in [6.07, 6.45) is 0.386. The number of nitrogens with zero attached hydrogens (tertiary/aromatic N) is 3. The Kier molecular flexibility index (Phi) is 6.83. The van der Waals surface area contributed by atoms with E-state index in [0.717, 1.165) is 29.2 Å². The molecule has 0 aliphatic rings. The van der Waals surface area contributed by atoms with Gasteiger partial charge < -0.3 is 10.2 Å². The maximum atomic E-state index is 12.4. The maximum Gasteiger partial charge on any atom is 0.224 e.